The van der Waals surface area contributed by atoms with Crippen LogP contribution in [0.5, 0.6) is 17.2 Å². The van der Waals surface area contributed by atoms with Gasteiger partial charge < -0.3 is 24.1 Å². The first-order valence-corrected chi connectivity index (χ1v) is 9.60. The largest absolute Gasteiger partial charge is 0.493 e. The molecule has 158 valence electrons. The second-order valence-corrected chi connectivity index (χ2v) is 6.77. The van der Waals surface area contributed by atoms with Crippen molar-refractivity contribution < 1.29 is 23.5 Å². The third-order valence-electron chi connectivity index (χ3n) is 4.31. The van der Waals surface area contributed by atoms with E-state index < -0.39 is 0 Å². The van der Waals surface area contributed by atoms with Gasteiger partial charge in [0.15, 0.2) is 11.5 Å². The number of amides is 1. The average Bonchev–Trinajstić information content (AvgIpc) is 3.23. The molecule has 0 fully saturated rings. The van der Waals surface area contributed by atoms with Crippen LogP contribution in [0, 0.1) is 0 Å². The molecule has 0 aliphatic carbocycles. The highest BCUT2D eigenvalue weighted by Gasteiger charge is 2.17. The summed E-state index contributed by atoms with van der Waals surface area (Å²) in [5, 5.41) is 7.45. The molecule has 0 aliphatic rings. The van der Waals surface area contributed by atoms with Gasteiger partial charge in [-0.1, -0.05) is 16.8 Å². The fourth-order valence-corrected chi connectivity index (χ4v) is 2.97. The summed E-state index contributed by atoms with van der Waals surface area (Å²) in [6.45, 7) is 0. The number of carbonyl (C=O) groups excluding carboxylic acids is 1. The molecule has 3 rings (SSSR count). The van der Waals surface area contributed by atoms with Gasteiger partial charge in [0.25, 0.3) is 0 Å². The van der Waals surface area contributed by atoms with Crippen molar-refractivity contribution in [3.05, 3.63) is 47.3 Å². The summed E-state index contributed by atoms with van der Waals surface area (Å²) in [7, 11) is 4.62. The number of carbonyl (C=O) groups is 1. The first-order chi connectivity index (χ1) is 14.5. The molecular weight excluding hydrogens is 410 g/mol. The lowest BCUT2D eigenvalue weighted by atomic mass is 10.1. The second kappa shape index (κ2) is 9.98. The molecule has 0 unspecified atom stereocenters. The standard InChI is InChI=1S/C21H22ClN3O5/c1-27-16-11-13(12-17(28-2)20(16)29-3)21-24-19(30-25-21)6-4-5-18(26)23-15-9-7-14(22)8-10-15/h7-12H,4-6H2,1-3H3,(H,23,26). The number of halogens is 1. The monoisotopic (exact) mass is 431 g/mol. The van der Waals surface area contributed by atoms with E-state index in [4.69, 9.17) is 30.3 Å². The minimum absolute atomic E-state index is 0.0957. The van der Waals surface area contributed by atoms with Crippen molar-refractivity contribution >= 4 is 23.2 Å². The zero-order valence-electron chi connectivity index (χ0n) is 16.9. The highest BCUT2D eigenvalue weighted by atomic mass is 35.5. The quantitative estimate of drug-likeness (QED) is 0.537. The molecule has 0 radical (unpaired) electrons. The van der Waals surface area contributed by atoms with Crippen molar-refractivity contribution in [1.82, 2.24) is 10.1 Å². The summed E-state index contributed by atoms with van der Waals surface area (Å²) in [6, 6.07) is 10.4. The maximum atomic E-state index is 12.1. The maximum Gasteiger partial charge on any atom is 0.226 e. The average molecular weight is 432 g/mol. The first kappa shape index (κ1) is 21.4. The van der Waals surface area contributed by atoms with E-state index in [-0.39, 0.29) is 5.91 Å². The maximum absolute atomic E-state index is 12.1. The van der Waals surface area contributed by atoms with Crippen LogP contribution in [-0.4, -0.2) is 37.4 Å². The number of methoxy groups -OCH3 is 3. The van der Waals surface area contributed by atoms with Crippen LogP contribution in [0.15, 0.2) is 40.9 Å². The van der Waals surface area contributed by atoms with Gasteiger partial charge in [-0.25, -0.2) is 0 Å². The number of ether oxygens (including phenoxy) is 3. The first-order valence-electron chi connectivity index (χ1n) is 9.22. The second-order valence-electron chi connectivity index (χ2n) is 6.33. The molecule has 0 saturated carbocycles. The molecule has 9 heteroatoms. The molecule has 1 heterocycles. The SMILES string of the molecule is COc1cc(-c2noc(CCCC(=O)Nc3ccc(Cl)cc3)n2)cc(OC)c1OC. The molecule has 0 spiro atoms. The molecule has 1 N–H and O–H groups in total. The Balaban J connectivity index is 1.60. The number of hydrogen-bond acceptors (Lipinski definition) is 7. The zero-order valence-corrected chi connectivity index (χ0v) is 17.7. The van der Waals surface area contributed by atoms with Gasteiger partial charge in [-0.05, 0) is 42.8 Å². The summed E-state index contributed by atoms with van der Waals surface area (Å²) in [5.74, 6) is 2.22. The number of nitrogens with zero attached hydrogens (tertiary/aromatic N) is 2. The van der Waals surface area contributed by atoms with E-state index in [0.717, 1.165) is 0 Å². The van der Waals surface area contributed by atoms with E-state index in [1.165, 1.54) is 21.3 Å². The van der Waals surface area contributed by atoms with Crippen LogP contribution in [0.4, 0.5) is 5.69 Å². The van der Waals surface area contributed by atoms with Crippen molar-refractivity contribution in [2.24, 2.45) is 0 Å². The smallest absolute Gasteiger partial charge is 0.226 e. The number of hydrogen-bond donors (Lipinski definition) is 1. The summed E-state index contributed by atoms with van der Waals surface area (Å²) in [4.78, 5) is 16.5. The third kappa shape index (κ3) is 5.21. The Morgan fingerprint density at radius 3 is 2.33 bits per heavy atom. The van der Waals surface area contributed by atoms with Gasteiger partial charge in [0.05, 0.1) is 21.3 Å². The number of nitrogens with one attached hydrogen (secondary N) is 1. The van der Waals surface area contributed by atoms with E-state index >= 15 is 0 Å². The molecule has 0 bridgehead atoms. The van der Waals surface area contributed by atoms with Crippen molar-refractivity contribution in [3.8, 4) is 28.6 Å². The highest BCUT2D eigenvalue weighted by molar-refractivity contribution is 6.30. The number of rotatable bonds is 9. The molecule has 1 aromatic heterocycles. The number of aromatic nitrogens is 2. The molecule has 0 saturated heterocycles. The van der Waals surface area contributed by atoms with Crippen molar-refractivity contribution in [3.63, 3.8) is 0 Å². The minimum atomic E-state index is -0.0957. The van der Waals surface area contributed by atoms with Crippen LogP contribution in [0.3, 0.4) is 0 Å². The van der Waals surface area contributed by atoms with Crippen LogP contribution in [0.25, 0.3) is 11.4 Å². The molecule has 2 aromatic carbocycles. The van der Waals surface area contributed by atoms with E-state index in [1.54, 1.807) is 36.4 Å². The Hall–Kier alpha value is -3.26. The molecule has 8 nitrogen and oxygen atoms in total. The Morgan fingerprint density at radius 1 is 1.07 bits per heavy atom. The summed E-state index contributed by atoms with van der Waals surface area (Å²) < 4.78 is 21.3. The van der Waals surface area contributed by atoms with Gasteiger partial charge in [0.1, 0.15) is 0 Å². The van der Waals surface area contributed by atoms with Crippen molar-refractivity contribution in [1.29, 1.82) is 0 Å². The summed E-state index contributed by atoms with van der Waals surface area (Å²) >= 11 is 5.84. The fourth-order valence-electron chi connectivity index (χ4n) is 2.84. The molecule has 30 heavy (non-hydrogen) atoms. The number of aryl methyl sites for hydroxylation is 1. The van der Waals surface area contributed by atoms with Gasteiger partial charge in [0.2, 0.25) is 23.4 Å². The molecule has 0 atom stereocenters. The minimum Gasteiger partial charge on any atom is -0.493 e. The van der Waals surface area contributed by atoms with E-state index in [9.17, 15) is 4.79 Å². The predicted molar refractivity (Wildman–Crippen MR) is 112 cm³/mol. The van der Waals surface area contributed by atoms with Gasteiger partial charge in [0, 0.05) is 29.1 Å². The van der Waals surface area contributed by atoms with Gasteiger partial charge in [-0.2, -0.15) is 4.98 Å². The van der Waals surface area contributed by atoms with Gasteiger partial charge in [-0.15, -0.1) is 0 Å². The van der Waals surface area contributed by atoms with Crippen LogP contribution < -0.4 is 19.5 Å². The Labute approximate surface area is 179 Å². The summed E-state index contributed by atoms with van der Waals surface area (Å²) in [6.07, 6.45) is 1.37. The lowest BCUT2D eigenvalue weighted by Gasteiger charge is -2.12. The molecule has 1 amide bonds. The predicted octanol–water partition coefficient (Wildman–Crippen LogP) is 4.38. The molecule has 3 aromatic rings. The fraction of sp³-hybridized carbons (Fsp3) is 0.286. The van der Waals surface area contributed by atoms with Crippen LogP contribution in [0.2, 0.25) is 5.02 Å². The lowest BCUT2D eigenvalue weighted by molar-refractivity contribution is -0.116. The lowest BCUT2D eigenvalue weighted by Crippen LogP contribution is -2.11. The highest BCUT2D eigenvalue weighted by Crippen LogP contribution is 2.40. The van der Waals surface area contributed by atoms with Gasteiger partial charge >= 0.3 is 0 Å². The molecule has 0 aliphatic heterocycles. The topological polar surface area (TPSA) is 95.7 Å². The van der Waals surface area contributed by atoms with Crippen LogP contribution in [-0.2, 0) is 11.2 Å². The van der Waals surface area contributed by atoms with Gasteiger partial charge in [-0.3, -0.25) is 4.79 Å². The normalized spacial score (nSPS) is 10.5. The Bertz CT molecular complexity index is 979. The Kier molecular flexibility index (Phi) is 7.13. The van der Waals surface area contributed by atoms with E-state index in [1.807, 2.05) is 0 Å². The summed E-state index contributed by atoms with van der Waals surface area (Å²) in [5.41, 5.74) is 1.37. The van der Waals surface area contributed by atoms with E-state index in [2.05, 4.69) is 15.5 Å². The van der Waals surface area contributed by atoms with Crippen LogP contribution >= 0.6 is 11.6 Å². The Morgan fingerprint density at radius 2 is 1.73 bits per heavy atom. The van der Waals surface area contributed by atoms with E-state index in [0.29, 0.717) is 64.5 Å². The number of benzene rings is 2. The molecular formula is C21H22ClN3O5. The third-order valence-corrected chi connectivity index (χ3v) is 4.57. The van der Waals surface area contributed by atoms with Crippen LogP contribution in [0.1, 0.15) is 18.7 Å². The van der Waals surface area contributed by atoms with Crippen molar-refractivity contribution in [2.45, 2.75) is 19.3 Å². The zero-order chi connectivity index (χ0) is 21.5. The number of anilines is 1. The van der Waals surface area contributed by atoms with Crippen molar-refractivity contribution in [2.75, 3.05) is 26.6 Å².